The predicted octanol–water partition coefficient (Wildman–Crippen LogP) is 4.89. The summed E-state index contributed by atoms with van der Waals surface area (Å²) in [5.41, 5.74) is -0.207. The van der Waals surface area contributed by atoms with Crippen molar-refractivity contribution in [3.8, 4) is 0 Å². The third kappa shape index (κ3) is 4.86. The van der Waals surface area contributed by atoms with Gasteiger partial charge in [0.1, 0.15) is 17.9 Å². The summed E-state index contributed by atoms with van der Waals surface area (Å²) in [5.74, 6) is -1.49. The van der Waals surface area contributed by atoms with E-state index in [2.05, 4.69) is 0 Å². The van der Waals surface area contributed by atoms with Crippen molar-refractivity contribution >= 4 is 27.7 Å². The molecule has 0 amide bonds. The smallest absolute Gasteiger partial charge is 0.185 e. The fourth-order valence-electron chi connectivity index (χ4n) is 2.59. The first-order chi connectivity index (χ1) is 11.9. The maximum atomic E-state index is 14.2. The van der Waals surface area contributed by atoms with Crippen LogP contribution in [0.15, 0.2) is 47.4 Å². The molecule has 0 aromatic heterocycles. The van der Waals surface area contributed by atoms with Crippen LogP contribution < -0.4 is 0 Å². The highest BCUT2D eigenvalue weighted by atomic mass is 35.5. The minimum absolute atomic E-state index is 0.0130. The molecule has 134 valence electrons. The average molecular weight is 387 g/mol. The second kappa shape index (κ2) is 8.54. The van der Waals surface area contributed by atoms with E-state index in [1.54, 1.807) is 0 Å². The molecule has 3 nitrogen and oxygen atoms in total. The van der Waals surface area contributed by atoms with Crippen molar-refractivity contribution in [1.29, 1.82) is 0 Å². The number of hydrogen-bond donors (Lipinski definition) is 0. The van der Waals surface area contributed by atoms with Gasteiger partial charge in [-0.25, -0.2) is 17.2 Å². The molecule has 2 rings (SSSR count). The molecular weight excluding hydrogens is 370 g/mol. The lowest BCUT2D eigenvalue weighted by Gasteiger charge is -2.19. The first-order valence-corrected chi connectivity index (χ1v) is 9.66. The van der Waals surface area contributed by atoms with Gasteiger partial charge in [0, 0.05) is 17.0 Å². The van der Waals surface area contributed by atoms with Crippen LogP contribution in [0.1, 0.15) is 36.5 Å². The van der Waals surface area contributed by atoms with E-state index in [-0.39, 0.29) is 16.9 Å². The summed E-state index contributed by atoms with van der Waals surface area (Å²) in [6.45, 7) is 0. The van der Waals surface area contributed by atoms with E-state index in [1.165, 1.54) is 24.3 Å². The minimum Gasteiger partial charge on any atom is -0.303 e. The van der Waals surface area contributed by atoms with Crippen LogP contribution in [0.25, 0.3) is 0 Å². The third-order valence-corrected chi connectivity index (χ3v) is 6.28. The lowest BCUT2D eigenvalue weighted by molar-refractivity contribution is -0.107. The maximum Gasteiger partial charge on any atom is 0.185 e. The Kier molecular flexibility index (Phi) is 6.67. The van der Waals surface area contributed by atoms with Crippen LogP contribution in [-0.4, -0.2) is 14.7 Å². The second-order valence-electron chi connectivity index (χ2n) is 5.60. The monoisotopic (exact) mass is 386 g/mol. The molecule has 0 bridgehead atoms. The third-order valence-electron chi connectivity index (χ3n) is 3.86. The zero-order valence-corrected chi connectivity index (χ0v) is 14.9. The first kappa shape index (κ1) is 19.5. The largest absolute Gasteiger partial charge is 0.303 e. The van der Waals surface area contributed by atoms with E-state index in [9.17, 15) is 22.0 Å². The maximum absolute atomic E-state index is 14.2. The van der Waals surface area contributed by atoms with Gasteiger partial charge in [-0.3, -0.25) is 0 Å². The molecule has 0 aliphatic heterocycles. The molecule has 0 aliphatic carbocycles. The molecule has 0 saturated heterocycles. The predicted molar refractivity (Wildman–Crippen MR) is 92.3 cm³/mol. The molecule has 0 N–H and O–H groups in total. The molecule has 2 aromatic carbocycles. The summed E-state index contributed by atoms with van der Waals surface area (Å²) in [7, 11) is -3.95. The summed E-state index contributed by atoms with van der Waals surface area (Å²) in [6, 6.07) is 8.31. The van der Waals surface area contributed by atoms with E-state index >= 15 is 0 Å². The molecular formula is C18H17ClF2O3S. The number of benzene rings is 2. The van der Waals surface area contributed by atoms with Crippen LogP contribution in [0.2, 0.25) is 5.02 Å². The number of aldehydes is 1. The number of rotatable bonds is 8. The van der Waals surface area contributed by atoms with Crippen molar-refractivity contribution in [2.24, 2.45) is 0 Å². The van der Waals surface area contributed by atoms with E-state index in [0.29, 0.717) is 24.3 Å². The topological polar surface area (TPSA) is 51.2 Å². The summed E-state index contributed by atoms with van der Waals surface area (Å²) < 4.78 is 53.7. The van der Waals surface area contributed by atoms with Crippen LogP contribution in [0.5, 0.6) is 0 Å². The highest BCUT2D eigenvalue weighted by molar-refractivity contribution is 7.91. The molecule has 25 heavy (non-hydrogen) atoms. The Bertz CT molecular complexity index is 836. The molecule has 0 fully saturated rings. The van der Waals surface area contributed by atoms with Gasteiger partial charge >= 0.3 is 0 Å². The fraction of sp³-hybridized carbons (Fsp3) is 0.278. The molecule has 2 aromatic rings. The second-order valence-corrected chi connectivity index (χ2v) is 8.17. The van der Waals surface area contributed by atoms with Gasteiger partial charge < -0.3 is 4.79 Å². The van der Waals surface area contributed by atoms with Crippen molar-refractivity contribution < 1.29 is 22.0 Å². The molecule has 7 heteroatoms. The lowest BCUT2D eigenvalue weighted by atomic mass is 10.0. The summed E-state index contributed by atoms with van der Waals surface area (Å²) in [6.07, 6.45) is 1.99. The van der Waals surface area contributed by atoms with Gasteiger partial charge in [0.15, 0.2) is 9.84 Å². The van der Waals surface area contributed by atoms with E-state index in [1.807, 2.05) is 0 Å². The van der Waals surface area contributed by atoms with Gasteiger partial charge in [-0.15, -0.1) is 0 Å². The standard InChI is InChI=1S/C18H17ClF2O3S/c19-13-5-8-15(9-6-13)25(23,24)18(4-2-1-3-11-22)16-12-14(20)7-10-17(16)21/h5-12,18H,1-4H2. The number of unbranched alkanes of at least 4 members (excludes halogenated alkanes) is 2. The van der Waals surface area contributed by atoms with Crippen LogP contribution in [0.3, 0.4) is 0 Å². The summed E-state index contributed by atoms with van der Waals surface area (Å²) >= 11 is 5.79. The number of sulfone groups is 1. The Labute approximate surface area is 150 Å². The van der Waals surface area contributed by atoms with Gasteiger partial charge in [-0.05, 0) is 55.3 Å². The molecule has 0 radical (unpaired) electrons. The van der Waals surface area contributed by atoms with Crippen molar-refractivity contribution in [3.05, 3.63) is 64.7 Å². The molecule has 0 saturated carbocycles. The van der Waals surface area contributed by atoms with Crippen molar-refractivity contribution in [3.63, 3.8) is 0 Å². The van der Waals surface area contributed by atoms with E-state index < -0.39 is 26.7 Å². The average Bonchev–Trinajstić information content (AvgIpc) is 2.57. The van der Waals surface area contributed by atoms with E-state index in [4.69, 9.17) is 11.6 Å². The lowest BCUT2D eigenvalue weighted by Crippen LogP contribution is -2.16. The quantitative estimate of drug-likeness (QED) is 0.479. The zero-order chi connectivity index (χ0) is 18.4. The Morgan fingerprint density at radius 3 is 2.36 bits per heavy atom. The van der Waals surface area contributed by atoms with Gasteiger partial charge in [-0.2, -0.15) is 0 Å². The van der Waals surface area contributed by atoms with Crippen LogP contribution in [0, 0.1) is 11.6 Å². The molecule has 0 aliphatic rings. The van der Waals surface area contributed by atoms with Gasteiger partial charge in [0.05, 0.1) is 10.1 Å². The molecule has 0 heterocycles. The summed E-state index contributed by atoms with van der Waals surface area (Å²) in [4.78, 5) is 10.4. The Morgan fingerprint density at radius 2 is 1.72 bits per heavy atom. The zero-order valence-electron chi connectivity index (χ0n) is 13.3. The molecule has 1 unspecified atom stereocenters. The number of hydrogen-bond acceptors (Lipinski definition) is 3. The SMILES string of the molecule is O=CCCCCC(c1cc(F)ccc1F)S(=O)(=O)c1ccc(Cl)cc1. The fourth-order valence-corrected chi connectivity index (χ4v) is 4.55. The highest BCUT2D eigenvalue weighted by Crippen LogP contribution is 2.35. The number of halogens is 3. The summed E-state index contributed by atoms with van der Waals surface area (Å²) in [5, 5.41) is -0.866. The normalized spacial score (nSPS) is 12.8. The van der Waals surface area contributed by atoms with Crippen LogP contribution in [-0.2, 0) is 14.6 Å². The van der Waals surface area contributed by atoms with Gasteiger partial charge in [0.25, 0.3) is 0 Å². The van der Waals surface area contributed by atoms with Gasteiger partial charge in [-0.1, -0.05) is 18.0 Å². The van der Waals surface area contributed by atoms with Crippen LogP contribution in [0.4, 0.5) is 8.78 Å². The highest BCUT2D eigenvalue weighted by Gasteiger charge is 2.31. The Balaban J connectivity index is 2.44. The Hall–Kier alpha value is -1.79. The van der Waals surface area contributed by atoms with Gasteiger partial charge in [0.2, 0.25) is 0 Å². The first-order valence-electron chi connectivity index (χ1n) is 7.74. The van der Waals surface area contributed by atoms with Crippen LogP contribution >= 0.6 is 11.6 Å². The van der Waals surface area contributed by atoms with Crippen molar-refractivity contribution in [2.45, 2.75) is 35.8 Å². The Morgan fingerprint density at radius 1 is 1.04 bits per heavy atom. The number of carbonyl (C=O) groups is 1. The molecule has 0 spiro atoms. The molecule has 1 atom stereocenters. The van der Waals surface area contributed by atoms with Crippen molar-refractivity contribution in [2.75, 3.05) is 0 Å². The van der Waals surface area contributed by atoms with E-state index in [0.717, 1.165) is 24.5 Å². The number of carbonyl (C=O) groups excluding carboxylic acids is 1. The minimum atomic E-state index is -3.95. The van der Waals surface area contributed by atoms with Crippen molar-refractivity contribution in [1.82, 2.24) is 0 Å².